The van der Waals surface area contributed by atoms with Crippen LogP contribution in [0.15, 0.2) is 0 Å². The smallest absolute Gasteiger partial charge is 0.0726 e. The molecule has 2 aliphatic heterocycles. The third-order valence-corrected chi connectivity index (χ3v) is 4.70. The predicted octanol–water partition coefficient (Wildman–Crippen LogP) is 2.27. The lowest BCUT2D eigenvalue weighted by atomic mass is 9.94. The number of rotatable bonds is 6. The minimum absolute atomic E-state index is 0.454. The van der Waals surface area contributed by atoms with Crippen LogP contribution in [-0.4, -0.2) is 49.8 Å². The van der Waals surface area contributed by atoms with E-state index in [0.717, 1.165) is 19.1 Å². The summed E-state index contributed by atoms with van der Waals surface area (Å²) in [6.45, 7) is 10.5. The van der Waals surface area contributed by atoms with Gasteiger partial charge in [-0.3, -0.25) is 0 Å². The normalized spacial score (nSPS) is 28.7. The maximum absolute atomic E-state index is 5.71. The van der Waals surface area contributed by atoms with E-state index in [-0.39, 0.29) is 0 Å². The highest BCUT2D eigenvalue weighted by atomic mass is 16.5. The maximum Gasteiger partial charge on any atom is 0.0726 e. The minimum atomic E-state index is 0.454. The zero-order valence-electron chi connectivity index (χ0n) is 12.2. The second kappa shape index (κ2) is 7.46. The van der Waals surface area contributed by atoms with Crippen molar-refractivity contribution in [1.82, 2.24) is 10.2 Å². The number of ether oxygens (including phenoxy) is 1. The van der Waals surface area contributed by atoms with Crippen LogP contribution in [0.4, 0.5) is 0 Å². The number of nitrogens with one attached hydrogen (secondary N) is 1. The quantitative estimate of drug-likeness (QED) is 0.787. The SMILES string of the molecule is CCC1CCN(CCNC(C)C2CCCO2)CC1. The van der Waals surface area contributed by atoms with Crippen LogP contribution in [0.2, 0.25) is 0 Å². The summed E-state index contributed by atoms with van der Waals surface area (Å²) >= 11 is 0. The molecular formula is C15H30N2O. The van der Waals surface area contributed by atoms with Crippen molar-refractivity contribution in [2.75, 3.05) is 32.8 Å². The summed E-state index contributed by atoms with van der Waals surface area (Å²) in [4.78, 5) is 2.61. The summed E-state index contributed by atoms with van der Waals surface area (Å²) < 4.78 is 5.71. The van der Waals surface area contributed by atoms with E-state index < -0.39 is 0 Å². The Morgan fingerprint density at radius 3 is 2.67 bits per heavy atom. The molecule has 3 nitrogen and oxygen atoms in total. The van der Waals surface area contributed by atoms with Crippen LogP contribution < -0.4 is 5.32 Å². The molecule has 2 heterocycles. The lowest BCUT2D eigenvalue weighted by Crippen LogP contribution is -2.43. The number of piperidine rings is 1. The Kier molecular flexibility index (Phi) is 5.93. The van der Waals surface area contributed by atoms with Crippen LogP contribution in [0, 0.1) is 5.92 Å². The Labute approximate surface area is 112 Å². The van der Waals surface area contributed by atoms with Crippen molar-refractivity contribution in [3.05, 3.63) is 0 Å². The molecule has 2 unspecified atom stereocenters. The molecule has 0 aliphatic carbocycles. The van der Waals surface area contributed by atoms with E-state index in [1.165, 1.54) is 51.7 Å². The monoisotopic (exact) mass is 254 g/mol. The van der Waals surface area contributed by atoms with E-state index in [2.05, 4.69) is 24.1 Å². The average molecular weight is 254 g/mol. The zero-order valence-corrected chi connectivity index (χ0v) is 12.2. The molecule has 3 heteroatoms. The Balaban J connectivity index is 1.55. The van der Waals surface area contributed by atoms with Gasteiger partial charge < -0.3 is 15.0 Å². The molecule has 0 amide bonds. The highest BCUT2D eigenvalue weighted by Crippen LogP contribution is 2.19. The topological polar surface area (TPSA) is 24.5 Å². The van der Waals surface area contributed by atoms with E-state index in [9.17, 15) is 0 Å². The van der Waals surface area contributed by atoms with Gasteiger partial charge in [-0.1, -0.05) is 13.3 Å². The van der Waals surface area contributed by atoms with Crippen LogP contribution in [0.3, 0.4) is 0 Å². The van der Waals surface area contributed by atoms with E-state index in [1.54, 1.807) is 0 Å². The van der Waals surface area contributed by atoms with Crippen LogP contribution >= 0.6 is 0 Å². The maximum atomic E-state index is 5.71. The average Bonchev–Trinajstić information content (AvgIpc) is 2.93. The van der Waals surface area contributed by atoms with Crippen molar-refractivity contribution >= 4 is 0 Å². The Morgan fingerprint density at radius 1 is 1.28 bits per heavy atom. The van der Waals surface area contributed by atoms with Gasteiger partial charge in [-0.2, -0.15) is 0 Å². The van der Waals surface area contributed by atoms with Gasteiger partial charge in [-0.25, -0.2) is 0 Å². The van der Waals surface area contributed by atoms with E-state index in [4.69, 9.17) is 4.74 Å². The fraction of sp³-hybridized carbons (Fsp3) is 1.00. The Morgan fingerprint density at radius 2 is 2.06 bits per heavy atom. The molecule has 1 N–H and O–H groups in total. The first-order chi connectivity index (χ1) is 8.79. The standard InChI is InChI=1S/C15H30N2O/c1-3-14-6-9-17(10-7-14)11-8-16-13(2)15-5-4-12-18-15/h13-16H,3-12H2,1-2H3. The second-order valence-electron chi connectivity index (χ2n) is 5.99. The molecule has 0 aromatic carbocycles. The number of hydrogen-bond donors (Lipinski definition) is 1. The summed E-state index contributed by atoms with van der Waals surface area (Å²) in [5, 5.41) is 3.63. The molecule has 2 fully saturated rings. The van der Waals surface area contributed by atoms with Gasteiger partial charge in [-0.05, 0) is 51.6 Å². The molecule has 2 saturated heterocycles. The largest absolute Gasteiger partial charge is 0.377 e. The summed E-state index contributed by atoms with van der Waals surface area (Å²) in [6.07, 6.45) is 7.09. The highest BCUT2D eigenvalue weighted by Gasteiger charge is 2.22. The van der Waals surface area contributed by atoms with Crippen molar-refractivity contribution < 1.29 is 4.74 Å². The van der Waals surface area contributed by atoms with Crippen LogP contribution in [-0.2, 0) is 4.74 Å². The summed E-state index contributed by atoms with van der Waals surface area (Å²) in [6, 6.07) is 0.515. The molecule has 0 aromatic rings. The van der Waals surface area contributed by atoms with Gasteiger partial charge >= 0.3 is 0 Å². The highest BCUT2D eigenvalue weighted by molar-refractivity contribution is 4.78. The molecule has 0 spiro atoms. The second-order valence-corrected chi connectivity index (χ2v) is 5.99. The van der Waals surface area contributed by atoms with Crippen molar-refractivity contribution in [2.45, 2.75) is 58.1 Å². The molecule has 2 rings (SSSR count). The molecule has 0 radical (unpaired) electrons. The fourth-order valence-electron chi connectivity index (χ4n) is 3.20. The molecule has 106 valence electrons. The van der Waals surface area contributed by atoms with Gasteiger partial charge in [0.2, 0.25) is 0 Å². The molecule has 2 atom stereocenters. The predicted molar refractivity (Wildman–Crippen MR) is 75.9 cm³/mol. The molecule has 18 heavy (non-hydrogen) atoms. The summed E-state index contributed by atoms with van der Waals surface area (Å²) in [5.74, 6) is 0.986. The first kappa shape index (κ1) is 14.3. The van der Waals surface area contributed by atoms with Gasteiger partial charge in [0.15, 0.2) is 0 Å². The van der Waals surface area contributed by atoms with Crippen molar-refractivity contribution in [2.24, 2.45) is 5.92 Å². The summed E-state index contributed by atoms with van der Waals surface area (Å²) in [5.41, 5.74) is 0. The van der Waals surface area contributed by atoms with Gasteiger partial charge in [0, 0.05) is 25.7 Å². The number of nitrogens with zero attached hydrogens (tertiary/aromatic N) is 1. The van der Waals surface area contributed by atoms with Crippen molar-refractivity contribution in [3.8, 4) is 0 Å². The Hall–Kier alpha value is -0.120. The molecular weight excluding hydrogens is 224 g/mol. The van der Waals surface area contributed by atoms with Crippen LogP contribution in [0.25, 0.3) is 0 Å². The molecule has 2 aliphatic rings. The fourth-order valence-corrected chi connectivity index (χ4v) is 3.20. The third kappa shape index (κ3) is 4.22. The van der Waals surface area contributed by atoms with Gasteiger partial charge in [-0.15, -0.1) is 0 Å². The van der Waals surface area contributed by atoms with Crippen molar-refractivity contribution in [3.63, 3.8) is 0 Å². The van der Waals surface area contributed by atoms with Gasteiger partial charge in [0.05, 0.1) is 6.10 Å². The first-order valence-electron chi connectivity index (χ1n) is 7.87. The van der Waals surface area contributed by atoms with Crippen LogP contribution in [0.5, 0.6) is 0 Å². The van der Waals surface area contributed by atoms with E-state index in [1.807, 2.05) is 0 Å². The van der Waals surface area contributed by atoms with Crippen LogP contribution in [0.1, 0.15) is 46.0 Å². The third-order valence-electron chi connectivity index (χ3n) is 4.70. The molecule has 0 saturated carbocycles. The number of hydrogen-bond acceptors (Lipinski definition) is 3. The lowest BCUT2D eigenvalue weighted by Gasteiger charge is -2.32. The van der Waals surface area contributed by atoms with E-state index in [0.29, 0.717) is 12.1 Å². The van der Waals surface area contributed by atoms with Crippen molar-refractivity contribution in [1.29, 1.82) is 0 Å². The summed E-state index contributed by atoms with van der Waals surface area (Å²) in [7, 11) is 0. The molecule has 0 bridgehead atoms. The lowest BCUT2D eigenvalue weighted by molar-refractivity contribution is 0.0818. The minimum Gasteiger partial charge on any atom is -0.377 e. The van der Waals surface area contributed by atoms with E-state index >= 15 is 0 Å². The molecule has 0 aromatic heterocycles. The zero-order chi connectivity index (χ0) is 12.8. The Bertz CT molecular complexity index is 221. The first-order valence-corrected chi connectivity index (χ1v) is 7.87. The number of likely N-dealkylation sites (tertiary alicyclic amines) is 1. The van der Waals surface area contributed by atoms with Gasteiger partial charge in [0.25, 0.3) is 0 Å². The van der Waals surface area contributed by atoms with Gasteiger partial charge in [0.1, 0.15) is 0 Å².